The van der Waals surface area contributed by atoms with E-state index in [1.165, 1.54) is 28.4 Å². The minimum Gasteiger partial charge on any atom is -0.808 e. The van der Waals surface area contributed by atoms with Crippen molar-refractivity contribution in [3.8, 4) is 17.2 Å². The van der Waals surface area contributed by atoms with Gasteiger partial charge in [-0.25, -0.2) is 23.5 Å². The quantitative estimate of drug-likeness (QED) is 0.131. The normalized spacial score (nSPS) is 16.9. The summed E-state index contributed by atoms with van der Waals surface area (Å²) in [6.07, 6.45) is 0.848. The van der Waals surface area contributed by atoms with Gasteiger partial charge in [0, 0.05) is 17.2 Å². The van der Waals surface area contributed by atoms with E-state index in [2.05, 4.69) is 0 Å². The Hall–Kier alpha value is -1.66. The van der Waals surface area contributed by atoms with Crippen molar-refractivity contribution in [2.45, 2.75) is 39.0 Å². The van der Waals surface area contributed by atoms with Gasteiger partial charge in [-0.1, -0.05) is 6.08 Å². The van der Waals surface area contributed by atoms with E-state index in [1.54, 1.807) is 30.3 Å². The van der Waals surface area contributed by atoms with Gasteiger partial charge in [0.1, 0.15) is 29.5 Å². The number of fused-ring (bicyclic) bond motifs is 5. The van der Waals surface area contributed by atoms with Crippen molar-refractivity contribution < 1.29 is 87.7 Å². The second-order valence-corrected chi connectivity index (χ2v) is 10.7. The molecule has 0 aliphatic carbocycles. The van der Waals surface area contributed by atoms with Crippen LogP contribution in [0.15, 0.2) is 63.7 Å². The number of hydrogen-bond acceptors (Lipinski definition) is 8. The predicted octanol–water partition coefficient (Wildman–Crippen LogP) is -5.04. The molecule has 5 rings (SSSR count). The Kier molecular flexibility index (Phi) is 9.00. The maximum absolute atomic E-state index is 13.7. The van der Waals surface area contributed by atoms with E-state index in [1.807, 2.05) is 19.9 Å². The van der Waals surface area contributed by atoms with Crippen molar-refractivity contribution in [1.82, 2.24) is 13.9 Å². The molecule has 0 radical (unpaired) electrons. The van der Waals surface area contributed by atoms with Gasteiger partial charge in [0.05, 0.1) is 12.2 Å². The molecule has 0 bridgehead atoms. The van der Waals surface area contributed by atoms with Crippen molar-refractivity contribution >= 4 is 13.4 Å². The first kappa shape index (κ1) is 30.9. The first-order valence-corrected chi connectivity index (χ1v) is 12.8. The summed E-state index contributed by atoms with van der Waals surface area (Å²) in [6.45, 7) is 5.23. The molecular weight excluding hydrogens is 535 g/mol. The number of benzene rings is 2. The second-order valence-electron chi connectivity index (χ2n) is 9.19. The van der Waals surface area contributed by atoms with E-state index in [0.29, 0.717) is 22.6 Å². The fourth-order valence-corrected chi connectivity index (χ4v) is 4.99. The van der Waals surface area contributed by atoms with Crippen LogP contribution in [0.2, 0.25) is 0 Å². The molecule has 14 heteroatoms. The number of allylic oxidation sites excluding steroid dienone is 1. The fourth-order valence-electron chi connectivity index (χ4n) is 4.69. The van der Waals surface area contributed by atoms with Crippen molar-refractivity contribution in [1.29, 1.82) is 0 Å². The number of ether oxygens (including phenoxy) is 2. The topological polar surface area (TPSA) is 148 Å². The zero-order valence-electron chi connectivity index (χ0n) is 21.7. The third-order valence-electron chi connectivity index (χ3n) is 6.34. The van der Waals surface area contributed by atoms with Crippen molar-refractivity contribution in [3.63, 3.8) is 0 Å². The molecule has 3 aromatic rings. The molecular formula is C24H22N3Na2O8P. The van der Waals surface area contributed by atoms with Gasteiger partial charge < -0.3 is 23.8 Å². The first-order valence-electron chi connectivity index (χ1n) is 11.1. The van der Waals surface area contributed by atoms with Gasteiger partial charge in [-0.05, 0) is 70.3 Å². The number of ketones is 1. The summed E-state index contributed by atoms with van der Waals surface area (Å²) in [5.41, 5.74) is 0.184. The summed E-state index contributed by atoms with van der Waals surface area (Å²) in [5, 5.41) is 0. The summed E-state index contributed by atoms with van der Waals surface area (Å²) in [6, 6.07) is 10.1. The molecule has 188 valence electrons. The van der Waals surface area contributed by atoms with Gasteiger partial charge in [0.15, 0.2) is 5.78 Å². The number of nitrogens with zero attached hydrogens (tertiary/aromatic N) is 3. The third kappa shape index (κ3) is 5.50. The molecule has 38 heavy (non-hydrogen) atoms. The number of carbonyl (C=O) groups excluding carboxylic acids is 1. The Morgan fingerprint density at radius 2 is 1.76 bits per heavy atom. The number of Topliss-reactive ketones (excluding diaryl/α,β-unsaturated/α-hetero) is 1. The Bertz CT molecular complexity index is 1600. The largest absolute Gasteiger partial charge is 1.00 e. The molecule has 0 N–H and O–H groups in total. The van der Waals surface area contributed by atoms with Crippen LogP contribution in [0.5, 0.6) is 11.5 Å². The van der Waals surface area contributed by atoms with E-state index in [0.717, 1.165) is 10.1 Å². The molecule has 0 amide bonds. The van der Waals surface area contributed by atoms with Gasteiger partial charge in [-0.3, -0.25) is 4.79 Å². The first-order chi connectivity index (χ1) is 16.9. The van der Waals surface area contributed by atoms with Crippen molar-refractivity contribution in [3.05, 3.63) is 86.2 Å². The molecule has 0 fully saturated rings. The summed E-state index contributed by atoms with van der Waals surface area (Å²) in [5.74, 6) is 0.318. The zero-order valence-corrected chi connectivity index (χ0v) is 26.6. The fraction of sp³-hybridized carbons (Fsp3) is 0.292. The SMILES string of the molecule is CC(=O)c1ccc(-n2c(=O)n3n(c2=O)C2C(=CC3)C(C)(C)Oc3cc(OCP(=O)([O-])[O-])ccc32)cc1.[Na+].[Na+]. The molecule has 2 aromatic carbocycles. The van der Waals surface area contributed by atoms with E-state index in [9.17, 15) is 28.7 Å². The predicted molar refractivity (Wildman–Crippen MR) is 125 cm³/mol. The molecule has 0 saturated heterocycles. The molecule has 2 aliphatic rings. The molecule has 0 saturated carbocycles. The molecule has 2 aliphatic heterocycles. The Labute approximate surface area is 261 Å². The average molecular weight is 557 g/mol. The number of hydrogen-bond donors (Lipinski definition) is 0. The summed E-state index contributed by atoms with van der Waals surface area (Å²) < 4.78 is 26.0. The molecule has 11 nitrogen and oxygen atoms in total. The van der Waals surface area contributed by atoms with Crippen molar-refractivity contribution in [2.75, 3.05) is 6.35 Å². The van der Waals surface area contributed by atoms with E-state index in [4.69, 9.17) is 9.47 Å². The van der Waals surface area contributed by atoms with E-state index < -0.39 is 37.0 Å². The van der Waals surface area contributed by atoms with Crippen LogP contribution in [0, 0.1) is 0 Å². The average Bonchev–Trinajstić information content (AvgIpc) is 3.06. The molecule has 1 unspecified atom stereocenters. The van der Waals surface area contributed by atoms with Crippen LogP contribution in [0.1, 0.15) is 42.7 Å². The molecule has 1 atom stereocenters. The zero-order chi connectivity index (χ0) is 26.0. The van der Waals surface area contributed by atoms with Crippen LogP contribution in [-0.4, -0.2) is 31.7 Å². The maximum atomic E-state index is 13.7. The van der Waals surface area contributed by atoms with Crippen LogP contribution < -0.4 is 89.8 Å². The minimum absolute atomic E-state index is 0. The second kappa shape index (κ2) is 11.1. The van der Waals surface area contributed by atoms with E-state index in [-0.39, 0.29) is 77.2 Å². The van der Waals surface area contributed by atoms with Gasteiger partial charge >= 0.3 is 70.5 Å². The van der Waals surface area contributed by atoms with Crippen LogP contribution in [0.4, 0.5) is 0 Å². The van der Waals surface area contributed by atoms with Crippen LogP contribution in [-0.2, 0) is 11.1 Å². The Balaban J connectivity index is 0.00000200. The van der Waals surface area contributed by atoms with Gasteiger partial charge in [-0.15, -0.1) is 0 Å². The maximum Gasteiger partial charge on any atom is 1.00 e. The standard InChI is InChI=1S/C24H24N3O8P.2Na/c1-14(28)15-4-6-16(7-5-15)26-22(29)25-11-10-19-21(27(25)23(26)30)18-9-8-17(34-13-36(31,32)33)12-20(18)35-24(19,2)3;;/h4-10,12,21H,11,13H2,1-3H3,(H2,31,32,33);;/q;2*+1/p-2. The van der Waals surface area contributed by atoms with E-state index >= 15 is 0 Å². The summed E-state index contributed by atoms with van der Waals surface area (Å²) in [4.78, 5) is 60.5. The Morgan fingerprint density at radius 1 is 1.11 bits per heavy atom. The number of carbonyl (C=O) groups is 1. The number of aromatic nitrogens is 3. The molecule has 1 aromatic heterocycles. The van der Waals surface area contributed by atoms with Crippen LogP contribution >= 0.6 is 7.60 Å². The van der Waals surface area contributed by atoms with Gasteiger partial charge in [0.2, 0.25) is 0 Å². The van der Waals surface area contributed by atoms with Gasteiger partial charge in [-0.2, -0.15) is 0 Å². The Morgan fingerprint density at radius 3 is 2.37 bits per heavy atom. The summed E-state index contributed by atoms with van der Waals surface area (Å²) in [7, 11) is -4.88. The van der Waals surface area contributed by atoms with Crippen molar-refractivity contribution in [2.24, 2.45) is 0 Å². The molecule has 0 spiro atoms. The monoisotopic (exact) mass is 557 g/mol. The third-order valence-corrected chi connectivity index (χ3v) is 6.79. The number of rotatable bonds is 5. The van der Waals surface area contributed by atoms with Gasteiger partial charge in [0.25, 0.3) is 0 Å². The van der Waals surface area contributed by atoms with Crippen LogP contribution in [0.25, 0.3) is 5.69 Å². The van der Waals surface area contributed by atoms with Crippen LogP contribution in [0.3, 0.4) is 0 Å². The molecule has 3 heterocycles. The summed E-state index contributed by atoms with van der Waals surface area (Å²) >= 11 is 0. The minimum atomic E-state index is -4.88. The smallest absolute Gasteiger partial charge is 0.808 e.